The molecule has 18 heavy (non-hydrogen) atoms. The Labute approximate surface area is 105 Å². The molecular formula is C13H16FN3O. The van der Waals surface area contributed by atoms with E-state index in [-0.39, 0.29) is 11.6 Å². The van der Waals surface area contributed by atoms with Gasteiger partial charge in [-0.15, -0.1) is 0 Å². The van der Waals surface area contributed by atoms with Crippen molar-refractivity contribution in [1.29, 1.82) is 0 Å². The van der Waals surface area contributed by atoms with E-state index in [1.165, 1.54) is 6.07 Å². The van der Waals surface area contributed by atoms with Gasteiger partial charge in [0.15, 0.2) is 11.6 Å². The molecule has 0 spiro atoms. The van der Waals surface area contributed by atoms with Crippen LogP contribution >= 0.6 is 0 Å². The number of hydrogen-bond acceptors (Lipinski definition) is 3. The Kier molecular flexibility index (Phi) is 3.62. The molecule has 0 aliphatic carbocycles. The van der Waals surface area contributed by atoms with E-state index in [2.05, 4.69) is 5.10 Å². The molecule has 0 amide bonds. The monoisotopic (exact) mass is 249 g/mol. The first-order valence-electron chi connectivity index (χ1n) is 5.81. The second-order valence-corrected chi connectivity index (χ2v) is 3.91. The second kappa shape index (κ2) is 5.18. The number of halogens is 1. The largest absolute Gasteiger partial charge is 0.491 e. The Morgan fingerprint density at radius 1 is 1.44 bits per heavy atom. The number of benzene rings is 1. The summed E-state index contributed by atoms with van der Waals surface area (Å²) < 4.78 is 20.6. The highest BCUT2D eigenvalue weighted by molar-refractivity contribution is 5.66. The number of aromatic nitrogens is 2. The molecule has 0 bridgehead atoms. The van der Waals surface area contributed by atoms with E-state index in [1.54, 1.807) is 16.9 Å². The van der Waals surface area contributed by atoms with Gasteiger partial charge >= 0.3 is 0 Å². The predicted octanol–water partition coefficient (Wildman–Crippen LogP) is 2.08. The van der Waals surface area contributed by atoms with E-state index in [9.17, 15) is 4.39 Å². The fourth-order valence-electron chi connectivity index (χ4n) is 1.89. The number of ether oxygens (including phenoxy) is 1. The molecular weight excluding hydrogens is 233 g/mol. The van der Waals surface area contributed by atoms with E-state index >= 15 is 0 Å². The standard InChI is InChI=1S/C13H16FN3O/c1-3-18-13-5-4-9(6-11(13)14)10-8-16-17(2)12(10)7-15/h4-6,8H,3,7,15H2,1-2H3. The van der Waals surface area contributed by atoms with Crippen LogP contribution in [-0.4, -0.2) is 16.4 Å². The van der Waals surface area contributed by atoms with Crippen LogP contribution in [0.25, 0.3) is 11.1 Å². The topological polar surface area (TPSA) is 53.1 Å². The van der Waals surface area contributed by atoms with Gasteiger partial charge in [0.2, 0.25) is 0 Å². The Morgan fingerprint density at radius 3 is 2.83 bits per heavy atom. The maximum absolute atomic E-state index is 13.8. The molecule has 0 fully saturated rings. The van der Waals surface area contributed by atoms with E-state index in [0.717, 1.165) is 16.8 Å². The molecule has 0 atom stereocenters. The average Bonchev–Trinajstić information content (AvgIpc) is 2.73. The van der Waals surface area contributed by atoms with Crippen molar-refractivity contribution in [2.24, 2.45) is 12.8 Å². The molecule has 4 nitrogen and oxygen atoms in total. The number of rotatable bonds is 4. The van der Waals surface area contributed by atoms with Crippen LogP contribution in [0.1, 0.15) is 12.6 Å². The van der Waals surface area contributed by atoms with Crippen molar-refractivity contribution in [3.8, 4) is 16.9 Å². The van der Waals surface area contributed by atoms with Crippen molar-refractivity contribution in [3.63, 3.8) is 0 Å². The number of nitrogens with zero attached hydrogens (tertiary/aromatic N) is 2. The first kappa shape index (κ1) is 12.6. The molecule has 0 aliphatic rings. The Morgan fingerprint density at radius 2 is 2.22 bits per heavy atom. The molecule has 1 aromatic carbocycles. The van der Waals surface area contributed by atoms with Crippen molar-refractivity contribution >= 4 is 0 Å². The smallest absolute Gasteiger partial charge is 0.165 e. The number of aryl methyl sites for hydroxylation is 1. The summed E-state index contributed by atoms with van der Waals surface area (Å²) in [6.45, 7) is 2.62. The third-order valence-electron chi connectivity index (χ3n) is 2.80. The van der Waals surface area contributed by atoms with Crippen LogP contribution < -0.4 is 10.5 Å². The van der Waals surface area contributed by atoms with Crippen LogP contribution in [-0.2, 0) is 13.6 Å². The molecule has 2 rings (SSSR count). The molecule has 1 heterocycles. The molecule has 0 unspecified atom stereocenters. The molecule has 2 aromatic rings. The van der Waals surface area contributed by atoms with E-state index in [1.807, 2.05) is 20.0 Å². The summed E-state index contributed by atoms with van der Waals surface area (Å²) in [7, 11) is 1.82. The molecule has 0 saturated heterocycles. The van der Waals surface area contributed by atoms with Gasteiger partial charge in [-0.1, -0.05) is 6.07 Å². The number of nitrogens with two attached hydrogens (primary N) is 1. The zero-order valence-electron chi connectivity index (χ0n) is 10.5. The van der Waals surface area contributed by atoms with Crippen molar-refractivity contribution in [2.45, 2.75) is 13.5 Å². The maximum Gasteiger partial charge on any atom is 0.165 e. The quantitative estimate of drug-likeness (QED) is 0.902. The zero-order valence-corrected chi connectivity index (χ0v) is 10.5. The molecule has 0 aliphatic heterocycles. The third-order valence-corrected chi connectivity index (χ3v) is 2.80. The summed E-state index contributed by atoms with van der Waals surface area (Å²) in [5.41, 5.74) is 8.15. The highest BCUT2D eigenvalue weighted by Crippen LogP contribution is 2.27. The van der Waals surface area contributed by atoms with Crippen LogP contribution in [0.15, 0.2) is 24.4 Å². The molecule has 0 saturated carbocycles. The van der Waals surface area contributed by atoms with Crippen molar-refractivity contribution in [3.05, 3.63) is 35.9 Å². The highest BCUT2D eigenvalue weighted by atomic mass is 19.1. The summed E-state index contributed by atoms with van der Waals surface area (Å²) in [6.07, 6.45) is 1.69. The third kappa shape index (κ3) is 2.22. The predicted molar refractivity (Wildman–Crippen MR) is 67.7 cm³/mol. The Hall–Kier alpha value is -1.88. The lowest BCUT2D eigenvalue weighted by Gasteiger charge is -2.07. The molecule has 96 valence electrons. The first-order chi connectivity index (χ1) is 8.67. The maximum atomic E-state index is 13.8. The molecule has 2 N–H and O–H groups in total. The van der Waals surface area contributed by atoms with E-state index in [0.29, 0.717) is 13.2 Å². The van der Waals surface area contributed by atoms with Crippen LogP contribution in [0.5, 0.6) is 5.75 Å². The summed E-state index contributed by atoms with van der Waals surface area (Å²) >= 11 is 0. The van der Waals surface area contributed by atoms with Gasteiger partial charge in [-0.2, -0.15) is 5.10 Å². The van der Waals surface area contributed by atoms with Crippen LogP contribution in [0, 0.1) is 5.82 Å². The van der Waals surface area contributed by atoms with Crippen molar-refractivity contribution in [1.82, 2.24) is 9.78 Å². The van der Waals surface area contributed by atoms with Gasteiger partial charge in [0.25, 0.3) is 0 Å². The van der Waals surface area contributed by atoms with Gasteiger partial charge in [0.1, 0.15) is 0 Å². The minimum atomic E-state index is -0.374. The summed E-state index contributed by atoms with van der Waals surface area (Å²) in [5.74, 6) is -0.111. The van der Waals surface area contributed by atoms with Gasteiger partial charge < -0.3 is 10.5 Å². The molecule has 1 aromatic heterocycles. The van der Waals surface area contributed by atoms with Gasteiger partial charge in [-0.25, -0.2) is 4.39 Å². The summed E-state index contributed by atoms with van der Waals surface area (Å²) in [5, 5.41) is 4.14. The molecule has 0 radical (unpaired) electrons. The van der Waals surface area contributed by atoms with Gasteiger partial charge in [0, 0.05) is 19.2 Å². The lowest BCUT2D eigenvalue weighted by molar-refractivity contribution is 0.321. The van der Waals surface area contributed by atoms with Gasteiger partial charge in [-0.3, -0.25) is 4.68 Å². The van der Waals surface area contributed by atoms with Gasteiger partial charge in [-0.05, 0) is 24.6 Å². The van der Waals surface area contributed by atoms with Crippen LogP contribution in [0.4, 0.5) is 4.39 Å². The Balaban J connectivity index is 2.42. The minimum Gasteiger partial charge on any atom is -0.491 e. The normalized spacial score (nSPS) is 10.7. The summed E-state index contributed by atoms with van der Waals surface area (Å²) in [6, 6.07) is 4.88. The zero-order chi connectivity index (χ0) is 13.1. The lowest BCUT2D eigenvalue weighted by Crippen LogP contribution is -2.05. The fourth-order valence-corrected chi connectivity index (χ4v) is 1.89. The fraction of sp³-hybridized carbons (Fsp3) is 0.308. The SMILES string of the molecule is CCOc1ccc(-c2cnn(C)c2CN)cc1F. The average molecular weight is 249 g/mol. The molecule has 5 heteroatoms. The van der Waals surface area contributed by atoms with Crippen LogP contribution in [0.3, 0.4) is 0 Å². The minimum absolute atomic E-state index is 0.263. The Bertz CT molecular complexity index is 551. The highest BCUT2D eigenvalue weighted by Gasteiger charge is 2.11. The van der Waals surface area contributed by atoms with Gasteiger partial charge in [0.05, 0.1) is 18.5 Å². The van der Waals surface area contributed by atoms with Crippen molar-refractivity contribution < 1.29 is 9.13 Å². The van der Waals surface area contributed by atoms with E-state index in [4.69, 9.17) is 10.5 Å². The lowest BCUT2D eigenvalue weighted by atomic mass is 10.1. The summed E-state index contributed by atoms with van der Waals surface area (Å²) in [4.78, 5) is 0. The van der Waals surface area contributed by atoms with Crippen molar-refractivity contribution in [2.75, 3.05) is 6.61 Å². The second-order valence-electron chi connectivity index (χ2n) is 3.91. The first-order valence-corrected chi connectivity index (χ1v) is 5.81. The van der Waals surface area contributed by atoms with E-state index < -0.39 is 0 Å². The van der Waals surface area contributed by atoms with Crippen LogP contribution in [0.2, 0.25) is 0 Å². The number of hydrogen-bond donors (Lipinski definition) is 1.